The number of aliphatic carboxylic acids is 2. The van der Waals surface area contributed by atoms with E-state index in [1.54, 1.807) is 20.3 Å². The molecule has 0 atom stereocenters. The molecule has 0 unspecified atom stereocenters. The lowest BCUT2D eigenvalue weighted by atomic mass is 10.2. The lowest BCUT2D eigenvalue weighted by Crippen LogP contribution is -2.30. The van der Waals surface area contributed by atoms with Crippen LogP contribution >= 0.6 is 11.6 Å². The number of hydrogen-bond donors (Lipinski definition) is 3. The van der Waals surface area contributed by atoms with E-state index < -0.39 is 17.8 Å². The van der Waals surface area contributed by atoms with Gasteiger partial charge in [-0.2, -0.15) is 0 Å². The molecular weight excluding hydrogens is 435 g/mol. The number of anilines is 1. The third-order valence-corrected chi connectivity index (χ3v) is 4.02. The number of benzene rings is 2. The van der Waals surface area contributed by atoms with E-state index in [1.807, 2.05) is 24.1 Å². The number of rotatable bonds is 7. The van der Waals surface area contributed by atoms with Crippen LogP contribution in [0.15, 0.2) is 36.4 Å². The molecule has 2 aromatic carbocycles. The Kier molecular flexibility index (Phi) is 10.2. The maximum Gasteiger partial charge on any atom is 0.414 e. The van der Waals surface area contributed by atoms with Gasteiger partial charge in [-0.1, -0.05) is 17.7 Å². The van der Waals surface area contributed by atoms with Crippen LogP contribution in [0.2, 0.25) is 5.02 Å². The molecule has 31 heavy (non-hydrogen) atoms. The molecule has 0 aliphatic rings. The molecule has 0 spiro atoms. The van der Waals surface area contributed by atoms with Gasteiger partial charge in [-0.05, 0) is 31.3 Å². The van der Waals surface area contributed by atoms with Crippen LogP contribution in [0.25, 0.3) is 0 Å². The lowest BCUT2D eigenvalue weighted by Gasteiger charge is -2.18. The average molecular weight is 457 g/mol. The highest BCUT2D eigenvalue weighted by molar-refractivity contribution is 6.31. The minimum Gasteiger partial charge on any atom is -0.497 e. The third-order valence-electron chi connectivity index (χ3n) is 3.73. The summed E-state index contributed by atoms with van der Waals surface area (Å²) in [5.41, 5.74) is 1.38. The summed E-state index contributed by atoms with van der Waals surface area (Å²) in [6.45, 7) is 0.676. The number of halogens is 2. The van der Waals surface area contributed by atoms with Crippen molar-refractivity contribution >= 4 is 35.1 Å². The SMILES string of the molecule is COc1ccc(CN(C)CC(=O)Nc2ccc(F)c(Cl)c2)c(OC)c1.O=C(O)C(=O)O. The van der Waals surface area contributed by atoms with E-state index in [0.29, 0.717) is 23.7 Å². The second kappa shape index (κ2) is 12.4. The Labute approximate surface area is 182 Å². The van der Waals surface area contributed by atoms with Gasteiger partial charge in [-0.25, -0.2) is 14.0 Å². The molecule has 0 heterocycles. The Balaban J connectivity index is 0.000000703. The molecule has 3 N–H and O–H groups in total. The minimum atomic E-state index is -1.82. The molecule has 0 aromatic heterocycles. The smallest absolute Gasteiger partial charge is 0.414 e. The standard InChI is InChI=1S/C18H20ClFN2O3.C2H2O4/c1-22(10-12-4-6-14(24-2)9-17(12)25-3)11-18(23)21-13-5-7-16(20)15(19)8-13;3-1(4)2(5)6/h4-9H,10-11H2,1-3H3,(H,21,23);(H,3,4)(H,5,6). The number of nitrogens with zero attached hydrogens (tertiary/aromatic N) is 1. The highest BCUT2D eigenvalue weighted by atomic mass is 35.5. The summed E-state index contributed by atoms with van der Waals surface area (Å²) in [4.78, 5) is 32.2. The first kappa shape index (κ1) is 25.7. The van der Waals surface area contributed by atoms with E-state index in [-0.39, 0.29) is 17.5 Å². The van der Waals surface area contributed by atoms with Crippen LogP contribution in [0, 0.1) is 5.82 Å². The Hall–Kier alpha value is -3.37. The van der Waals surface area contributed by atoms with Gasteiger partial charge in [0.05, 0.1) is 25.8 Å². The topological polar surface area (TPSA) is 125 Å². The molecule has 2 aromatic rings. The largest absolute Gasteiger partial charge is 0.497 e. The second-order valence-electron chi connectivity index (χ2n) is 6.14. The number of carboxylic acids is 2. The van der Waals surface area contributed by atoms with Gasteiger partial charge in [-0.15, -0.1) is 0 Å². The van der Waals surface area contributed by atoms with Crippen LogP contribution in [-0.4, -0.2) is 60.8 Å². The molecule has 168 valence electrons. The molecular formula is C20H22ClFN2O7. The molecule has 0 aliphatic carbocycles. The second-order valence-corrected chi connectivity index (χ2v) is 6.54. The summed E-state index contributed by atoms with van der Waals surface area (Å²) in [6, 6.07) is 9.58. The van der Waals surface area contributed by atoms with Gasteiger partial charge in [-0.3, -0.25) is 9.69 Å². The van der Waals surface area contributed by atoms with Crippen LogP contribution < -0.4 is 14.8 Å². The molecule has 11 heteroatoms. The zero-order chi connectivity index (χ0) is 23.6. The molecule has 0 saturated heterocycles. The zero-order valence-electron chi connectivity index (χ0n) is 17.0. The van der Waals surface area contributed by atoms with E-state index in [0.717, 1.165) is 5.56 Å². The number of ether oxygens (including phenoxy) is 2. The van der Waals surface area contributed by atoms with E-state index in [4.69, 9.17) is 40.9 Å². The van der Waals surface area contributed by atoms with Gasteiger partial charge in [0.15, 0.2) is 0 Å². The molecule has 0 radical (unpaired) electrons. The van der Waals surface area contributed by atoms with Crippen molar-refractivity contribution in [3.63, 3.8) is 0 Å². The highest BCUT2D eigenvalue weighted by Gasteiger charge is 2.12. The van der Waals surface area contributed by atoms with E-state index in [2.05, 4.69) is 5.32 Å². The van der Waals surface area contributed by atoms with Crippen LogP contribution in [0.5, 0.6) is 11.5 Å². The van der Waals surface area contributed by atoms with Crippen molar-refractivity contribution in [2.45, 2.75) is 6.54 Å². The molecule has 0 bridgehead atoms. The maximum absolute atomic E-state index is 13.1. The van der Waals surface area contributed by atoms with Crippen molar-refractivity contribution in [2.75, 3.05) is 33.1 Å². The molecule has 0 aliphatic heterocycles. The Morgan fingerprint density at radius 2 is 1.71 bits per heavy atom. The third kappa shape index (κ3) is 8.89. The van der Waals surface area contributed by atoms with Crippen molar-refractivity contribution < 1.29 is 38.5 Å². The number of hydrogen-bond acceptors (Lipinski definition) is 6. The monoisotopic (exact) mass is 456 g/mol. The van der Waals surface area contributed by atoms with Crippen molar-refractivity contribution in [3.05, 3.63) is 52.8 Å². The normalized spacial score (nSPS) is 10.0. The van der Waals surface area contributed by atoms with Crippen LogP contribution in [-0.2, 0) is 20.9 Å². The summed E-state index contributed by atoms with van der Waals surface area (Å²) in [6.07, 6.45) is 0. The summed E-state index contributed by atoms with van der Waals surface area (Å²) in [7, 11) is 5.00. The summed E-state index contributed by atoms with van der Waals surface area (Å²) >= 11 is 5.71. The Bertz CT molecular complexity index is 928. The first-order valence-corrected chi connectivity index (χ1v) is 9.05. The van der Waals surface area contributed by atoms with Crippen LogP contribution in [0.4, 0.5) is 10.1 Å². The number of carbonyl (C=O) groups excluding carboxylic acids is 1. The zero-order valence-corrected chi connectivity index (χ0v) is 17.8. The van der Waals surface area contributed by atoms with Crippen molar-refractivity contribution in [1.82, 2.24) is 4.90 Å². The molecule has 1 amide bonds. The number of carbonyl (C=O) groups is 3. The number of methoxy groups -OCH3 is 2. The number of nitrogens with one attached hydrogen (secondary N) is 1. The quantitative estimate of drug-likeness (QED) is 0.543. The van der Waals surface area contributed by atoms with Gasteiger partial charge >= 0.3 is 11.9 Å². The fourth-order valence-electron chi connectivity index (χ4n) is 2.35. The maximum atomic E-state index is 13.1. The first-order chi connectivity index (χ1) is 14.6. The van der Waals surface area contributed by atoms with E-state index in [9.17, 15) is 9.18 Å². The molecule has 9 nitrogen and oxygen atoms in total. The van der Waals surface area contributed by atoms with Gasteiger partial charge in [0.2, 0.25) is 5.91 Å². The Morgan fingerprint density at radius 1 is 1.06 bits per heavy atom. The molecule has 0 saturated carbocycles. The highest BCUT2D eigenvalue weighted by Crippen LogP contribution is 2.25. The van der Waals surface area contributed by atoms with Gasteiger partial charge in [0.1, 0.15) is 17.3 Å². The molecule has 2 rings (SSSR count). The number of amides is 1. The average Bonchev–Trinajstić information content (AvgIpc) is 2.71. The fraction of sp³-hybridized carbons (Fsp3) is 0.250. The van der Waals surface area contributed by atoms with Crippen molar-refractivity contribution in [2.24, 2.45) is 0 Å². The van der Waals surface area contributed by atoms with Crippen molar-refractivity contribution in [3.8, 4) is 11.5 Å². The number of carboxylic acid groups (broad SMARTS) is 2. The predicted molar refractivity (Wildman–Crippen MR) is 111 cm³/mol. The fourth-order valence-corrected chi connectivity index (χ4v) is 2.53. The predicted octanol–water partition coefficient (Wildman–Crippen LogP) is 2.72. The van der Waals surface area contributed by atoms with Gasteiger partial charge in [0.25, 0.3) is 0 Å². The molecule has 0 fully saturated rings. The Morgan fingerprint density at radius 3 is 2.23 bits per heavy atom. The van der Waals surface area contributed by atoms with E-state index >= 15 is 0 Å². The minimum absolute atomic E-state index is 0.0332. The summed E-state index contributed by atoms with van der Waals surface area (Å²) in [5.74, 6) is -3.00. The van der Waals surface area contributed by atoms with Crippen molar-refractivity contribution in [1.29, 1.82) is 0 Å². The number of likely N-dealkylation sites (N-methyl/N-ethyl adjacent to an activating group) is 1. The first-order valence-electron chi connectivity index (χ1n) is 8.68. The van der Waals surface area contributed by atoms with Gasteiger partial charge < -0.3 is 25.0 Å². The lowest BCUT2D eigenvalue weighted by molar-refractivity contribution is -0.159. The van der Waals surface area contributed by atoms with Gasteiger partial charge in [0, 0.05) is 23.9 Å². The summed E-state index contributed by atoms with van der Waals surface area (Å²) < 4.78 is 23.7. The van der Waals surface area contributed by atoms with E-state index in [1.165, 1.54) is 18.2 Å². The summed E-state index contributed by atoms with van der Waals surface area (Å²) in [5, 5.41) is 17.4. The van der Waals surface area contributed by atoms with Crippen LogP contribution in [0.3, 0.4) is 0 Å². The van der Waals surface area contributed by atoms with Crippen LogP contribution in [0.1, 0.15) is 5.56 Å².